The molecule has 4 rings (SSSR count). The molecule has 0 amide bonds. The highest BCUT2D eigenvalue weighted by Crippen LogP contribution is 2.34. The summed E-state index contributed by atoms with van der Waals surface area (Å²) in [4.78, 5) is 0. The lowest BCUT2D eigenvalue weighted by Gasteiger charge is -2.28. The van der Waals surface area contributed by atoms with Crippen molar-refractivity contribution in [2.45, 2.75) is 58.3 Å². The van der Waals surface area contributed by atoms with Crippen LogP contribution in [0.4, 0.5) is 4.39 Å². The maximum absolute atomic E-state index is 15.0. The fourth-order valence-electron chi connectivity index (χ4n) is 4.85. The number of hydrogen-bond acceptors (Lipinski definition) is 0. The van der Waals surface area contributed by atoms with E-state index in [9.17, 15) is 0 Å². The first-order valence-corrected chi connectivity index (χ1v) is 12.0. The first-order valence-electron chi connectivity index (χ1n) is 11.6. The molecule has 0 aromatic heterocycles. The van der Waals surface area contributed by atoms with Crippen molar-refractivity contribution in [1.29, 1.82) is 0 Å². The first kappa shape index (κ1) is 21.9. The van der Waals surface area contributed by atoms with Gasteiger partial charge in [0.15, 0.2) is 0 Å². The Labute approximate surface area is 190 Å². The van der Waals surface area contributed by atoms with Crippen LogP contribution in [0.3, 0.4) is 0 Å². The van der Waals surface area contributed by atoms with Crippen LogP contribution in [0.1, 0.15) is 68.6 Å². The predicted octanol–water partition coefficient (Wildman–Crippen LogP) is 8.57. The van der Waals surface area contributed by atoms with E-state index in [1.165, 1.54) is 50.5 Å². The van der Waals surface area contributed by atoms with Crippen LogP contribution < -0.4 is 0 Å². The van der Waals surface area contributed by atoms with E-state index < -0.39 is 0 Å². The van der Waals surface area contributed by atoms with E-state index in [1.54, 1.807) is 18.2 Å². The minimum Gasteiger partial charge on any atom is -0.205 e. The Morgan fingerprint density at radius 2 is 1.58 bits per heavy atom. The molecule has 0 spiro atoms. The van der Waals surface area contributed by atoms with Gasteiger partial charge in [-0.15, -0.1) is 0 Å². The van der Waals surface area contributed by atoms with Gasteiger partial charge in [0.2, 0.25) is 0 Å². The van der Waals surface area contributed by atoms with Crippen LogP contribution in [0.2, 0.25) is 5.02 Å². The van der Waals surface area contributed by atoms with Crippen molar-refractivity contribution < 1.29 is 4.39 Å². The highest BCUT2D eigenvalue weighted by molar-refractivity contribution is 6.30. The van der Waals surface area contributed by atoms with Gasteiger partial charge in [0.05, 0.1) is 5.56 Å². The number of fused-ring (bicyclic) bond motifs is 1. The lowest BCUT2D eigenvalue weighted by molar-refractivity contribution is 0.252. The second-order valence-corrected chi connectivity index (χ2v) is 9.39. The zero-order valence-corrected chi connectivity index (χ0v) is 19.0. The smallest absolute Gasteiger partial charge is 0.146 e. The fourth-order valence-corrected chi connectivity index (χ4v) is 4.98. The van der Waals surface area contributed by atoms with E-state index in [-0.39, 0.29) is 5.82 Å². The van der Waals surface area contributed by atoms with E-state index in [0.717, 1.165) is 29.2 Å². The monoisotopic (exact) mass is 432 g/mol. The van der Waals surface area contributed by atoms with Crippen molar-refractivity contribution in [2.75, 3.05) is 0 Å². The molecule has 3 aromatic carbocycles. The van der Waals surface area contributed by atoms with E-state index >= 15 is 4.39 Å². The van der Waals surface area contributed by atoms with E-state index in [0.29, 0.717) is 16.0 Å². The summed E-state index contributed by atoms with van der Waals surface area (Å²) in [5.41, 5.74) is 2.56. The average molecular weight is 433 g/mol. The molecular weight excluding hydrogens is 403 g/mol. The third kappa shape index (κ3) is 5.69. The Hall–Kier alpha value is -2.30. The van der Waals surface area contributed by atoms with Crippen molar-refractivity contribution in [1.82, 2.24) is 0 Å². The maximum Gasteiger partial charge on any atom is 0.146 e. The molecule has 1 aliphatic rings. The molecule has 1 aliphatic carbocycles. The highest BCUT2D eigenvalue weighted by Gasteiger charge is 2.20. The minimum atomic E-state index is -0.236. The number of halogens is 2. The number of rotatable bonds is 5. The number of benzene rings is 3. The molecule has 0 N–H and O–H groups in total. The van der Waals surface area contributed by atoms with Crippen LogP contribution in [-0.2, 0) is 6.42 Å². The summed E-state index contributed by atoms with van der Waals surface area (Å²) in [6, 6.07) is 17.2. The summed E-state index contributed by atoms with van der Waals surface area (Å²) in [6.07, 6.45) is 10.6. The largest absolute Gasteiger partial charge is 0.205 e. The van der Waals surface area contributed by atoms with Crippen LogP contribution in [0.5, 0.6) is 0 Å². The van der Waals surface area contributed by atoms with Crippen molar-refractivity contribution in [3.63, 3.8) is 0 Å². The summed E-state index contributed by atoms with van der Waals surface area (Å²) in [7, 11) is 0. The molecule has 160 valence electrons. The van der Waals surface area contributed by atoms with Crippen molar-refractivity contribution >= 4 is 22.4 Å². The second-order valence-electron chi connectivity index (χ2n) is 8.95. The average Bonchev–Trinajstić information content (AvgIpc) is 2.79. The fraction of sp³-hybridized carbons (Fsp3) is 0.379. The van der Waals surface area contributed by atoms with E-state index in [2.05, 4.69) is 30.9 Å². The summed E-state index contributed by atoms with van der Waals surface area (Å²) in [6.45, 7) is 2.30. The van der Waals surface area contributed by atoms with Crippen LogP contribution in [-0.4, -0.2) is 0 Å². The Kier molecular flexibility index (Phi) is 7.31. The molecule has 0 nitrogen and oxygen atoms in total. The van der Waals surface area contributed by atoms with Gasteiger partial charge in [-0.05, 0) is 66.0 Å². The van der Waals surface area contributed by atoms with Crippen LogP contribution in [0.15, 0.2) is 54.6 Å². The Morgan fingerprint density at radius 1 is 0.871 bits per heavy atom. The molecule has 31 heavy (non-hydrogen) atoms. The molecule has 0 bridgehead atoms. The quantitative estimate of drug-likeness (QED) is 0.354. The second kappa shape index (κ2) is 10.3. The topological polar surface area (TPSA) is 0 Å². The van der Waals surface area contributed by atoms with Gasteiger partial charge in [0.1, 0.15) is 5.82 Å². The zero-order valence-electron chi connectivity index (χ0n) is 18.3. The SMILES string of the molecule is CCCC1CCC(CCc2ccc3c(F)c(C#Cc4ccc(Cl)cc4)ccc3c2)CC1. The molecule has 0 atom stereocenters. The molecule has 1 fully saturated rings. The molecule has 2 heteroatoms. The molecule has 0 heterocycles. The van der Waals surface area contributed by atoms with Gasteiger partial charge in [-0.2, -0.15) is 0 Å². The molecular formula is C29H30ClF. The highest BCUT2D eigenvalue weighted by atomic mass is 35.5. The summed E-state index contributed by atoms with van der Waals surface area (Å²) in [5.74, 6) is 7.57. The van der Waals surface area contributed by atoms with Gasteiger partial charge < -0.3 is 0 Å². The van der Waals surface area contributed by atoms with Gasteiger partial charge in [0, 0.05) is 16.0 Å². The molecule has 0 saturated heterocycles. The van der Waals surface area contributed by atoms with Gasteiger partial charge in [-0.25, -0.2) is 4.39 Å². The van der Waals surface area contributed by atoms with Crippen LogP contribution in [0, 0.1) is 29.5 Å². The van der Waals surface area contributed by atoms with E-state index in [1.807, 2.05) is 24.3 Å². The lowest BCUT2D eigenvalue weighted by Crippen LogP contribution is -2.15. The van der Waals surface area contributed by atoms with Gasteiger partial charge in [-0.1, -0.05) is 93.2 Å². The maximum atomic E-state index is 15.0. The predicted molar refractivity (Wildman–Crippen MR) is 130 cm³/mol. The zero-order chi connectivity index (χ0) is 21.6. The summed E-state index contributed by atoms with van der Waals surface area (Å²) in [5, 5.41) is 2.27. The standard InChI is InChI=1S/C29H30ClF/c1-2-3-21-4-6-22(7-5-21)8-9-24-13-19-28-26(20-24)16-15-25(29(28)31)14-10-23-11-17-27(30)18-12-23/h11-13,15-22H,2-9H2,1H3. The Balaban J connectivity index is 1.42. The molecule has 0 unspecified atom stereocenters. The summed E-state index contributed by atoms with van der Waals surface area (Å²) >= 11 is 5.91. The van der Waals surface area contributed by atoms with Gasteiger partial charge in [0.25, 0.3) is 0 Å². The Morgan fingerprint density at radius 3 is 2.29 bits per heavy atom. The van der Waals surface area contributed by atoms with Crippen molar-refractivity contribution in [3.05, 3.63) is 82.1 Å². The van der Waals surface area contributed by atoms with Gasteiger partial charge in [-0.3, -0.25) is 0 Å². The van der Waals surface area contributed by atoms with Crippen molar-refractivity contribution in [3.8, 4) is 11.8 Å². The van der Waals surface area contributed by atoms with Crippen molar-refractivity contribution in [2.24, 2.45) is 11.8 Å². The molecule has 1 saturated carbocycles. The number of hydrogen-bond donors (Lipinski definition) is 0. The normalized spacial score (nSPS) is 18.5. The molecule has 0 aliphatic heterocycles. The third-order valence-electron chi connectivity index (χ3n) is 6.71. The number of aryl methyl sites for hydroxylation is 1. The first-order chi connectivity index (χ1) is 15.1. The third-order valence-corrected chi connectivity index (χ3v) is 6.96. The molecule has 0 radical (unpaired) electrons. The lowest BCUT2D eigenvalue weighted by atomic mass is 9.78. The van der Waals surface area contributed by atoms with Gasteiger partial charge >= 0.3 is 0 Å². The molecule has 3 aromatic rings. The van der Waals surface area contributed by atoms with Crippen LogP contribution in [0.25, 0.3) is 10.8 Å². The minimum absolute atomic E-state index is 0.236. The Bertz CT molecular complexity index is 1080. The summed E-state index contributed by atoms with van der Waals surface area (Å²) < 4.78 is 15.0. The van der Waals surface area contributed by atoms with E-state index in [4.69, 9.17) is 11.6 Å². The van der Waals surface area contributed by atoms with Crippen LogP contribution >= 0.6 is 11.6 Å².